The van der Waals surface area contributed by atoms with Gasteiger partial charge in [0.2, 0.25) is 5.91 Å². The number of rotatable bonds is 3. The maximum absolute atomic E-state index is 12.8. The summed E-state index contributed by atoms with van der Waals surface area (Å²) in [5, 5.41) is 3.59. The van der Waals surface area contributed by atoms with E-state index in [4.69, 9.17) is 0 Å². The summed E-state index contributed by atoms with van der Waals surface area (Å²) >= 11 is 2.93. The summed E-state index contributed by atoms with van der Waals surface area (Å²) < 4.78 is 39.6. The number of aryl methyl sites for hydroxylation is 1. The van der Waals surface area contributed by atoms with Crippen molar-refractivity contribution in [2.45, 2.75) is 58.3 Å². The zero-order valence-electron chi connectivity index (χ0n) is 12.6. The second-order valence-electron chi connectivity index (χ2n) is 5.65. The zero-order chi connectivity index (χ0) is 16.5. The van der Waals surface area contributed by atoms with Crippen LogP contribution in [0.1, 0.15) is 44.0 Å². The predicted octanol–water partition coefficient (Wildman–Crippen LogP) is 3.76. The van der Waals surface area contributed by atoms with Gasteiger partial charge in [0.25, 0.3) is 0 Å². The Hall–Kier alpha value is -1.05. The van der Waals surface area contributed by atoms with Gasteiger partial charge in [-0.25, -0.2) is 0 Å². The fourth-order valence-electron chi connectivity index (χ4n) is 2.74. The maximum Gasteiger partial charge on any atom is 0.436 e. The molecule has 1 aliphatic rings. The van der Waals surface area contributed by atoms with Crippen LogP contribution in [0.15, 0.2) is 4.47 Å². The molecule has 22 heavy (non-hydrogen) atoms. The van der Waals surface area contributed by atoms with Gasteiger partial charge in [0.05, 0.1) is 16.7 Å². The van der Waals surface area contributed by atoms with Crippen LogP contribution in [-0.2, 0) is 17.5 Å². The molecule has 1 saturated heterocycles. The number of hydrogen-bond acceptors (Lipinski definition) is 2. The van der Waals surface area contributed by atoms with Gasteiger partial charge in [-0.1, -0.05) is 0 Å². The summed E-state index contributed by atoms with van der Waals surface area (Å²) in [6.45, 7) is 4.45. The Labute approximate surface area is 135 Å². The van der Waals surface area contributed by atoms with Gasteiger partial charge in [0.15, 0.2) is 5.69 Å². The molecule has 1 aliphatic heterocycles. The third-order valence-electron chi connectivity index (χ3n) is 4.06. The number of hydrogen-bond donors (Lipinski definition) is 0. The molecule has 0 saturated carbocycles. The highest BCUT2D eigenvalue weighted by Gasteiger charge is 2.38. The average Bonchev–Trinajstić information content (AvgIpc) is 2.73. The molecule has 8 heteroatoms. The number of amides is 1. The molecular formula is C14H19BrF3N3O. The Morgan fingerprint density at radius 2 is 2.09 bits per heavy atom. The monoisotopic (exact) mass is 381 g/mol. The highest BCUT2D eigenvalue weighted by molar-refractivity contribution is 9.10. The van der Waals surface area contributed by atoms with Crippen LogP contribution in [0.3, 0.4) is 0 Å². The summed E-state index contributed by atoms with van der Waals surface area (Å²) in [5.74, 6) is -0.0215. The van der Waals surface area contributed by atoms with Crippen LogP contribution in [0.5, 0.6) is 0 Å². The lowest BCUT2D eigenvalue weighted by molar-refractivity contribution is -0.142. The molecule has 0 aromatic carbocycles. The van der Waals surface area contributed by atoms with Gasteiger partial charge < -0.3 is 4.90 Å². The number of aromatic nitrogens is 2. The number of carbonyl (C=O) groups is 1. The van der Waals surface area contributed by atoms with Crippen molar-refractivity contribution in [3.8, 4) is 0 Å². The van der Waals surface area contributed by atoms with Crippen LogP contribution in [0, 0.1) is 6.92 Å². The van der Waals surface area contributed by atoms with Crippen molar-refractivity contribution >= 4 is 21.8 Å². The van der Waals surface area contributed by atoms with E-state index >= 15 is 0 Å². The van der Waals surface area contributed by atoms with Crippen LogP contribution < -0.4 is 0 Å². The van der Waals surface area contributed by atoms with Gasteiger partial charge in [-0.2, -0.15) is 18.3 Å². The molecule has 1 fully saturated rings. The van der Waals surface area contributed by atoms with Crippen LogP contribution in [0.25, 0.3) is 0 Å². The van der Waals surface area contributed by atoms with E-state index in [2.05, 4.69) is 21.0 Å². The summed E-state index contributed by atoms with van der Waals surface area (Å²) in [5.41, 5.74) is -0.560. The van der Waals surface area contributed by atoms with E-state index in [-0.39, 0.29) is 29.4 Å². The number of alkyl halides is 3. The zero-order valence-corrected chi connectivity index (χ0v) is 14.2. The normalized spacial score (nSPS) is 19.5. The lowest BCUT2D eigenvalue weighted by atomic mass is 10.0. The van der Waals surface area contributed by atoms with Crippen molar-refractivity contribution in [1.29, 1.82) is 0 Å². The Morgan fingerprint density at radius 1 is 1.41 bits per heavy atom. The number of nitrogens with zero attached hydrogens (tertiary/aromatic N) is 3. The average molecular weight is 382 g/mol. The molecular weight excluding hydrogens is 363 g/mol. The van der Waals surface area contributed by atoms with E-state index in [9.17, 15) is 18.0 Å². The Balaban J connectivity index is 2.04. The van der Waals surface area contributed by atoms with E-state index < -0.39 is 11.9 Å². The van der Waals surface area contributed by atoms with E-state index in [0.717, 1.165) is 25.8 Å². The molecule has 1 amide bonds. The highest BCUT2D eigenvalue weighted by Crippen LogP contribution is 2.35. The van der Waals surface area contributed by atoms with Crippen molar-refractivity contribution in [2.75, 3.05) is 6.54 Å². The van der Waals surface area contributed by atoms with Gasteiger partial charge in [0, 0.05) is 19.0 Å². The third kappa shape index (κ3) is 3.64. The van der Waals surface area contributed by atoms with Crippen LogP contribution in [0.4, 0.5) is 13.2 Å². The number of carbonyl (C=O) groups excluding carboxylic acids is 1. The second kappa shape index (κ2) is 6.60. The Morgan fingerprint density at radius 3 is 2.64 bits per heavy atom. The largest absolute Gasteiger partial charge is 0.436 e. The van der Waals surface area contributed by atoms with Gasteiger partial charge in [-0.05, 0) is 49.0 Å². The number of halogens is 4. The maximum atomic E-state index is 12.8. The SMILES string of the molecule is Cc1c(Br)c(C(F)(F)F)nn1CCC(=O)N1CCCC[C@H]1C. The molecule has 1 atom stereocenters. The van der Waals surface area contributed by atoms with E-state index in [1.165, 1.54) is 4.68 Å². The fraction of sp³-hybridized carbons (Fsp3) is 0.714. The summed E-state index contributed by atoms with van der Waals surface area (Å²) in [6.07, 6.45) is -1.25. The van der Waals surface area contributed by atoms with Crippen molar-refractivity contribution in [3.05, 3.63) is 15.9 Å². The lowest BCUT2D eigenvalue weighted by Crippen LogP contribution is -2.42. The Bertz CT molecular complexity index is 556. The summed E-state index contributed by atoms with van der Waals surface area (Å²) in [6, 6.07) is 0.206. The molecule has 1 aromatic rings. The summed E-state index contributed by atoms with van der Waals surface area (Å²) in [4.78, 5) is 14.1. The van der Waals surface area contributed by atoms with Gasteiger partial charge in [0.1, 0.15) is 0 Å². The minimum Gasteiger partial charge on any atom is -0.340 e. The van der Waals surface area contributed by atoms with Gasteiger partial charge in [-0.3, -0.25) is 9.48 Å². The number of likely N-dealkylation sites (tertiary alicyclic amines) is 1. The first-order valence-corrected chi connectivity index (χ1v) is 8.10. The molecule has 2 heterocycles. The molecule has 0 bridgehead atoms. The van der Waals surface area contributed by atoms with Crippen LogP contribution >= 0.6 is 15.9 Å². The van der Waals surface area contributed by atoms with Crippen molar-refractivity contribution in [3.63, 3.8) is 0 Å². The number of piperidine rings is 1. The standard InChI is InChI=1S/C14H19BrF3N3O/c1-9-5-3-4-7-20(9)11(22)6-8-21-10(2)12(15)13(19-21)14(16,17)18/h9H,3-8H2,1-2H3/t9-/m1/s1. The minimum atomic E-state index is -4.50. The first kappa shape index (κ1) is 17.3. The van der Waals surface area contributed by atoms with Crippen LogP contribution in [0.2, 0.25) is 0 Å². The van der Waals surface area contributed by atoms with Gasteiger partial charge >= 0.3 is 6.18 Å². The summed E-state index contributed by atoms with van der Waals surface area (Å²) in [7, 11) is 0. The minimum absolute atomic E-state index is 0.0215. The van der Waals surface area contributed by atoms with E-state index in [1.807, 2.05) is 11.8 Å². The molecule has 124 valence electrons. The predicted molar refractivity (Wildman–Crippen MR) is 79.3 cm³/mol. The molecule has 0 unspecified atom stereocenters. The van der Waals surface area contributed by atoms with Crippen molar-refractivity contribution in [2.24, 2.45) is 0 Å². The quantitative estimate of drug-likeness (QED) is 0.799. The third-order valence-corrected chi connectivity index (χ3v) is 5.01. The molecule has 0 aliphatic carbocycles. The smallest absolute Gasteiger partial charge is 0.340 e. The first-order chi connectivity index (χ1) is 10.2. The molecule has 0 spiro atoms. The van der Waals surface area contributed by atoms with E-state index in [1.54, 1.807) is 6.92 Å². The van der Waals surface area contributed by atoms with Crippen molar-refractivity contribution < 1.29 is 18.0 Å². The molecule has 0 radical (unpaired) electrons. The fourth-order valence-corrected chi connectivity index (χ4v) is 3.25. The molecule has 1 aromatic heterocycles. The molecule has 4 nitrogen and oxygen atoms in total. The van der Waals surface area contributed by atoms with Crippen molar-refractivity contribution in [1.82, 2.24) is 14.7 Å². The molecule has 0 N–H and O–H groups in total. The lowest BCUT2D eigenvalue weighted by Gasteiger charge is -2.33. The first-order valence-electron chi connectivity index (χ1n) is 7.31. The van der Waals surface area contributed by atoms with Crippen LogP contribution in [-0.4, -0.2) is 33.2 Å². The van der Waals surface area contributed by atoms with E-state index in [0.29, 0.717) is 5.69 Å². The Kier molecular flexibility index (Phi) is 5.19. The topological polar surface area (TPSA) is 38.1 Å². The highest BCUT2D eigenvalue weighted by atomic mass is 79.9. The molecule has 2 rings (SSSR count). The van der Waals surface area contributed by atoms with Gasteiger partial charge in [-0.15, -0.1) is 0 Å². The second-order valence-corrected chi connectivity index (χ2v) is 6.44.